The number of unbranched alkanes of at least 4 members (excludes halogenated alkanes) is 26. The summed E-state index contributed by atoms with van der Waals surface area (Å²) in [5.74, 6) is -0.619. The molecule has 0 unspecified atom stereocenters. The van der Waals surface area contributed by atoms with Gasteiger partial charge in [-0.2, -0.15) is 0 Å². The van der Waals surface area contributed by atoms with Crippen molar-refractivity contribution in [3.8, 4) is 0 Å². The minimum Gasteiger partial charge on any atom is -0.381 e. The normalized spacial score (nSPS) is 12.6. The quantitative estimate of drug-likeness (QED) is 0.0418. The molecule has 0 aliphatic carbocycles. The summed E-state index contributed by atoms with van der Waals surface area (Å²) in [6.07, 6.45) is 40.1. The van der Waals surface area contributed by atoms with Crippen molar-refractivity contribution >= 4 is 28.3 Å². The first kappa shape index (κ1) is 47.9. The van der Waals surface area contributed by atoms with Crippen molar-refractivity contribution in [1.29, 1.82) is 0 Å². The Kier molecular flexibility index (Phi) is 27.0. The molecule has 0 saturated carbocycles. The highest BCUT2D eigenvalue weighted by Gasteiger charge is 2.29. The molecule has 2 aromatic carbocycles. The number of hydrogen-bond acceptors (Lipinski definition) is 5. The lowest BCUT2D eigenvalue weighted by atomic mass is 9.88. The standard InChI is InChI=1S/C50H84N2O4/c1-4-7-9-11-13-15-17-19-21-23-25-27-29-31-39-55-40-34-35-43-42-46(44-36-33-37-45-48(44)47(43)50(54)51-49(45)53)52(38-6-3)56-41-32-30-28-26-24-22-20-18-16-14-12-10-8-5-2/h33,36-37,42H,4-32,34-35,38-41H2,1-3H3,(H,51,53,54). The number of carbonyl (C=O) groups is 2. The van der Waals surface area contributed by atoms with Crippen LogP contribution in [-0.4, -0.2) is 38.2 Å². The van der Waals surface area contributed by atoms with E-state index in [-0.39, 0.29) is 11.8 Å². The summed E-state index contributed by atoms with van der Waals surface area (Å²) in [6.45, 7) is 9.62. The Morgan fingerprint density at radius 2 is 0.982 bits per heavy atom. The summed E-state index contributed by atoms with van der Waals surface area (Å²) in [5.41, 5.74) is 3.12. The van der Waals surface area contributed by atoms with Gasteiger partial charge in [0.15, 0.2) is 0 Å². The molecule has 3 rings (SSSR count). The van der Waals surface area contributed by atoms with Gasteiger partial charge in [0.25, 0.3) is 11.8 Å². The number of carbonyl (C=O) groups excluding carboxylic acids is 2. The van der Waals surface area contributed by atoms with E-state index in [9.17, 15) is 9.59 Å². The zero-order chi connectivity index (χ0) is 39.9. The van der Waals surface area contributed by atoms with E-state index in [4.69, 9.17) is 9.57 Å². The molecular formula is C50H84N2O4. The predicted molar refractivity (Wildman–Crippen MR) is 239 cm³/mol. The molecule has 2 amide bonds. The maximum atomic E-state index is 13.3. The van der Waals surface area contributed by atoms with Crippen LogP contribution < -0.4 is 10.4 Å². The number of ether oxygens (including phenoxy) is 1. The first-order chi connectivity index (χ1) is 27.6. The van der Waals surface area contributed by atoms with Gasteiger partial charge in [0.1, 0.15) is 0 Å². The van der Waals surface area contributed by atoms with Gasteiger partial charge in [0.05, 0.1) is 17.9 Å². The number of nitrogens with zero attached hydrogens (tertiary/aromatic N) is 1. The Hall–Kier alpha value is -2.44. The van der Waals surface area contributed by atoms with E-state index in [0.29, 0.717) is 30.8 Å². The van der Waals surface area contributed by atoms with E-state index in [2.05, 4.69) is 32.2 Å². The van der Waals surface area contributed by atoms with Crippen molar-refractivity contribution in [3.05, 3.63) is 41.0 Å². The number of rotatable bonds is 38. The van der Waals surface area contributed by atoms with Gasteiger partial charge >= 0.3 is 0 Å². The van der Waals surface area contributed by atoms with Gasteiger partial charge in [-0.05, 0) is 49.8 Å². The molecule has 56 heavy (non-hydrogen) atoms. The number of aryl methyl sites for hydroxylation is 1. The monoisotopic (exact) mass is 777 g/mol. The van der Waals surface area contributed by atoms with E-state index in [0.717, 1.165) is 60.9 Å². The van der Waals surface area contributed by atoms with Crippen LogP contribution in [0.25, 0.3) is 10.8 Å². The number of hydrogen-bond donors (Lipinski definition) is 1. The predicted octanol–water partition coefficient (Wildman–Crippen LogP) is 14.8. The Morgan fingerprint density at radius 3 is 1.48 bits per heavy atom. The molecular weight excluding hydrogens is 693 g/mol. The van der Waals surface area contributed by atoms with Crippen LogP contribution in [0.1, 0.15) is 240 Å². The Bertz CT molecular complexity index is 1330. The van der Waals surface area contributed by atoms with Crippen molar-refractivity contribution in [2.45, 2.75) is 220 Å². The van der Waals surface area contributed by atoms with Crippen LogP contribution in [0.2, 0.25) is 0 Å². The highest BCUT2D eigenvalue weighted by atomic mass is 16.7. The number of amides is 2. The molecule has 6 nitrogen and oxygen atoms in total. The summed E-state index contributed by atoms with van der Waals surface area (Å²) >= 11 is 0. The topological polar surface area (TPSA) is 67.9 Å². The molecule has 2 aromatic rings. The molecule has 1 heterocycles. The first-order valence-electron chi connectivity index (χ1n) is 24.0. The van der Waals surface area contributed by atoms with E-state index in [1.807, 2.05) is 23.3 Å². The van der Waals surface area contributed by atoms with Crippen LogP contribution in [-0.2, 0) is 16.0 Å². The highest BCUT2D eigenvalue weighted by molar-refractivity contribution is 6.27. The van der Waals surface area contributed by atoms with Gasteiger partial charge in [-0.3, -0.25) is 24.8 Å². The SMILES string of the molecule is CCCCCCCCCCCCCCCCOCCCc1cc(N(CCC)OCCCCCCCCCCCCCCCC)c2cccc3c2c1C(=O)NC3=O. The number of benzene rings is 2. The number of nitrogens with one attached hydrogen (secondary N) is 1. The van der Waals surface area contributed by atoms with Gasteiger partial charge in [0.2, 0.25) is 0 Å². The zero-order valence-electron chi connectivity index (χ0n) is 36.6. The molecule has 1 aliphatic rings. The van der Waals surface area contributed by atoms with Crippen LogP contribution in [0.3, 0.4) is 0 Å². The molecule has 0 atom stereocenters. The third kappa shape index (κ3) is 18.9. The number of hydroxylamine groups is 1. The molecule has 0 radical (unpaired) electrons. The Balaban J connectivity index is 1.40. The van der Waals surface area contributed by atoms with E-state index in [1.54, 1.807) is 0 Å². The molecule has 1 aliphatic heterocycles. The fraction of sp³-hybridized carbons (Fsp3) is 0.760. The summed E-state index contributed by atoms with van der Waals surface area (Å²) in [5, 5.41) is 6.30. The second-order valence-electron chi connectivity index (χ2n) is 16.8. The smallest absolute Gasteiger partial charge is 0.259 e. The number of imide groups is 1. The second-order valence-corrected chi connectivity index (χ2v) is 16.8. The lowest BCUT2D eigenvalue weighted by Crippen LogP contribution is -2.36. The fourth-order valence-electron chi connectivity index (χ4n) is 8.39. The minimum atomic E-state index is -0.321. The van der Waals surface area contributed by atoms with Crippen LogP contribution in [0, 0.1) is 0 Å². The summed E-state index contributed by atoms with van der Waals surface area (Å²) < 4.78 is 6.07. The van der Waals surface area contributed by atoms with Crippen molar-refractivity contribution in [1.82, 2.24) is 5.32 Å². The van der Waals surface area contributed by atoms with Crippen LogP contribution in [0.4, 0.5) is 5.69 Å². The molecule has 318 valence electrons. The van der Waals surface area contributed by atoms with Gasteiger partial charge in [0, 0.05) is 36.1 Å². The average molecular weight is 777 g/mol. The minimum absolute atomic E-state index is 0.297. The van der Waals surface area contributed by atoms with E-state index in [1.165, 1.54) is 167 Å². The van der Waals surface area contributed by atoms with Crippen molar-refractivity contribution in [2.24, 2.45) is 0 Å². The molecule has 0 aromatic heterocycles. The second kappa shape index (κ2) is 31.5. The van der Waals surface area contributed by atoms with Gasteiger partial charge in [-0.15, -0.1) is 0 Å². The van der Waals surface area contributed by atoms with E-state index < -0.39 is 0 Å². The molecule has 1 N–H and O–H groups in total. The maximum Gasteiger partial charge on any atom is 0.259 e. The van der Waals surface area contributed by atoms with Gasteiger partial charge in [-0.1, -0.05) is 200 Å². The van der Waals surface area contributed by atoms with Crippen LogP contribution in [0.5, 0.6) is 0 Å². The summed E-state index contributed by atoms with van der Waals surface area (Å²) in [7, 11) is 0. The lowest BCUT2D eigenvalue weighted by Gasteiger charge is -2.28. The summed E-state index contributed by atoms with van der Waals surface area (Å²) in [6, 6.07) is 7.93. The largest absolute Gasteiger partial charge is 0.381 e. The number of anilines is 1. The molecule has 0 bridgehead atoms. The maximum absolute atomic E-state index is 13.3. The third-order valence-electron chi connectivity index (χ3n) is 11.7. The van der Waals surface area contributed by atoms with Crippen LogP contribution in [0.15, 0.2) is 24.3 Å². The fourth-order valence-corrected chi connectivity index (χ4v) is 8.39. The summed E-state index contributed by atoms with van der Waals surface area (Å²) in [4.78, 5) is 32.8. The van der Waals surface area contributed by atoms with Crippen molar-refractivity contribution in [3.63, 3.8) is 0 Å². The zero-order valence-corrected chi connectivity index (χ0v) is 36.6. The van der Waals surface area contributed by atoms with Crippen molar-refractivity contribution < 1.29 is 19.2 Å². The molecule has 0 spiro atoms. The third-order valence-corrected chi connectivity index (χ3v) is 11.7. The molecule has 6 heteroatoms. The van der Waals surface area contributed by atoms with Crippen LogP contribution >= 0.6 is 0 Å². The Morgan fingerprint density at radius 1 is 0.518 bits per heavy atom. The molecule has 0 saturated heterocycles. The first-order valence-corrected chi connectivity index (χ1v) is 24.0. The van der Waals surface area contributed by atoms with Crippen molar-refractivity contribution in [2.75, 3.05) is 31.4 Å². The average Bonchev–Trinajstić information content (AvgIpc) is 3.20. The van der Waals surface area contributed by atoms with Gasteiger partial charge < -0.3 is 4.74 Å². The van der Waals surface area contributed by atoms with E-state index >= 15 is 0 Å². The Labute approximate surface area is 344 Å². The highest BCUT2D eigenvalue weighted by Crippen LogP contribution is 2.37. The molecule has 0 fully saturated rings. The van der Waals surface area contributed by atoms with Gasteiger partial charge in [-0.25, -0.2) is 0 Å². The lowest BCUT2D eigenvalue weighted by molar-refractivity contribution is 0.0843.